The first kappa shape index (κ1) is 22.1. The number of piperidine rings is 1. The Morgan fingerprint density at radius 1 is 1.07 bits per heavy atom. The van der Waals surface area contributed by atoms with Crippen molar-refractivity contribution < 1.29 is 14.3 Å². The molecule has 0 aromatic heterocycles. The van der Waals surface area contributed by atoms with E-state index in [2.05, 4.69) is 13.8 Å². The van der Waals surface area contributed by atoms with Crippen LogP contribution in [0.1, 0.15) is 25.8 Å². The van der Waals surface area contributed by atoms with Crippen molar-refractivity contribution in [1.82, 2.24) is 4.90 Å². The van der Waals surface area contributed by atoms with Crippen LogP contribution in [0.3, 0.4) is 0 Å². The van der Waals surface area contributed by atoms with E-state index in [4.69, 9.17) is 15.2 Å². The van der Waals surface area contributed by atoms with Crippen LogP contribution in [0.5, 0.6) is 11.5 Å². The average Bonchev–Trinajstić information content (AvgIpc) is 2.68. The van der Waals surface area contributed by atoms with Gasteiger partial charge in [-0.1, -0.05) is 44.2 Å². The number of amides is 1. The van der Waals surface area contributed by atoms with Gasteiger partial charge in [0.05, 0.1) is 0 Å². The number of benzene rings is 2. The van der Waals surface area contributed by atoms with Crippen LogP contribution >= 0.6 is 12.4 Å². The highest BCUT2D eigenvalue weighted by molar-refractivity contribution is 5.85. The van der Waals surface area contributed by atoms with E-state index in [1.807, 2.05) is 59.5 Å². The van der Waals surface area contributed by atoms with Crippen LogP contribution in [0.2, 0.25) is 0 Å². The number of carbonyl (C=O) groups excluding carboxylic acids is 1. The maximum atomic E-state index is 12.4. The van der Waals surface area contributed by atoms with Crippen LogP contribution < -0.4 is 15.2 Å². The quantitative estimate of drug-likeness (QED) is 0.798. The van der Waals surface area contributed by atoms with Gasteiger partial charge in [0.1, 0.15) is 18.1 Å². The van der Waals surface area contributed by atoms with Gasteiger partial charge in [0.2, 0.25) is 0 Å². The average molecular weight is 405 g/mol. The summed E-state index contributed by atoms with van der Waals surface area (Å²) in [6, 6.07) is 17.5. The Hall–Kier alpha value is -2.24. The van der Waals surface area contributed by atoms with Crippen LogP contribution in [0.25, 0.3) is 0 Å². The lowest BCUT2D eigenvalue weighted by atomic mass is 9.80. The van der Waals surface area contributed by atoms with Crippen molar-refractivity contribution in [3.63, 3.8) is 0 Å². The molecule has 1 aliphatic rings. The first-order valence-electron chi connectivity index (χ1n) is 9.37. The summed E-state index contributed by atoms with van der Waals surface area (Å²) in [6.45, 7) is 6.13. The molecule has 1 amide bonds. The first-order valence-corrected chi connectivity index (χ1v) is 9.37. The van der Waals surface area contributed by atoms with Gasteiger partial charge in [0, 0.05) is 19.1 Å². The summed E-state index contributed by atoms with van der Waals surface area (Å²) in [5.74, 6) is 1.42. The summed E-state index contributed by atoms with van der Waals surface area (Å²) in [5, 5.41) is 0. The van der Waals surface area contributed by atoms with Crippen molar-refractivity contribution in [3.8, 4) is 11.5 Å². The van der Waals surface area contributed by atoms with Crippen LogP contribution in [-0.4, -0.2) is 36.5 Å². The SMILES string of the molecule is CC1(C)CN(C(=O)COc2ccc(OCc3ccccc3)cc2)CCC1N.Cl. The van der Waals surface area contributed by atoms with E-state index >= 15 is 0 Å². The fraction of sp³-hybridized carbons (Fsp3) is 0.409. The third-order valence-electron chi connectivity index (χ3n) is 5.10. The Labute approximate surface area is 173 Å². The smallest absolute Gasteiger partial charge is 0.260 e. The lowest BCUT2D eigenvalue weighted by molar-refractivity contribution is -0.136. The topological polar surface area (TPSA) is 64.8 Å². The van der Waals surface area contributed by atoms with Gasteiger partial charge in [-0.25, -0.2) is 0 Å². The van der Waals surface area contributed by atoms with Crippen LogP contribution in [0.15, 0.2) is 54.6 Å². The highest BCUT2D eigenvalue weighted by Gasteiger charge is 2.35. The van der Waals surface area contributed by atoms with Gasteiger partial charge in [-0.2, -0.15) is 0 Å². The molecule has 152 valence electrons. The van der Waals surface area contributed by atoms with E-state index in [0.717, 1.165) is 17.7 Å². The van der Waals surface area contributed by atoms with Crippen molar-refractivity contribution in [1.29, 1.82) is 0 Å². The molecule has 0 saturated carbocycles. The normalized spacial score (nSPS) is 18.1. The molecular formula is C22H29ClN2O3. The van der Waals surface area contributed by atoms with Gasteiger partial charge in [-0.05, 0) is 41.7 Å². The van der Waals surface area contributed by atoms with Gasteiger partial charge in [-0.3, -0.25) is 4.79 Å². The van der Waals surface area contributed by atoms with Crippen molar-refractivity contribution in [2.75, 3.05) is 19.7 Å². The van der Waals surface area contributed by atoms with Crippen molar-refractivity contribution >= 4 is 18.3 Å². The zero-order chi connectivity index (χ0) is 19.3. The number of halogens is 1. The number of carbonyl (C=O) groups is 1. The van der Waals surface area contributed by atoms with Gasteiger partial charge in [-0.15, -0.1) is 12.4 Å². The highest BCUT2D eigenvalue weighted by atomic mass is 35.5. The van der Waals surface area contributed by atoms with Crippen LogP contribution in [0.4, 0.5) is 0 Å². The van der Waals surface area contributed by atoms with E-state index < -0.39 is 0 Å². The number of nitrogens with two attached hydrogens (primary N) is 1. The molecule has 2 aromatic carbocycles. The molecule has 1 saturated heterocycles. The lowest BCUT2D eigenvalue weighted by Crippen LogP contribution is -2.54. The Morgan fingerprint density at radius 3 is 2.29 bits per heavy atom. The number of likely N-dealkylation sites (tertiary alicyclic amines) is 1. The molecule has 1 unspecified atom stereocenters. The van der Waals surface area contributed by atoms with E-state index in [1.165, 1.54) is 0 Å². The second-order valence-electron chi connectivity index (χ2n) is 7.73. The second-order valence-corrected chi connectivity index (χ2v) is 7.73. The lowest BCUT2D eigenvalue weighted by Gasteiger charge is -2.42. The molecule has 1 heterocycles. The summed E-state index contributed by atoms with van der Waals surface area (Å²) in [4.78, 5) is 14.3. The Kier molecular flexibility index (Phi) is 7.72. The zero-order valence-electron chi connectivity index (χ0n) is 16.5. The summed E-state index contributed by atoms with van der Waals surface area (Å²) in [6.07, 6.45) is 0.826. The molecule has 1 atom stereocenters. The molecular weight excluding hydrogens is 376 g/mol. The standard InChI is InChI=1S/C22H28N2O3.ClH/c1-22(2)16-24(13-12-20(22)23)21(25)15-27-19-10-8-18(9-11-19)26-14-17-6-4-3-5-7-17;/h3-11,20H,12-16,23H2,1-2H3;1H. The number of hydrogen-bond donors (Lipinski definition) is 1. The number of nitrogens with zero attached hydrogens (tertiary/aromatic N) is 1. The predicted octanol–water partition coefficient (Wildman–Crippen LogP) is 3.65. The minimum Gasteiger partial charge on any atom is -0.489 e. The van der Waals surface area contributed by atoms with E-state index in [-0.39, 0.29) is 36.4 Å². The zero-order valence-corrected chi connectivity index (χ0v) is 17.3. The summed E-state index contributed by atoms with van der Waals surface area (Å²) < 4.78 is 11.4. The second kappa shape index (κ2) is 9.80. The molecule has 3 rings (SSSR count). The first-order chi connectivity index (χ1) is 12.9. The van der Waals surface area contributed by atoms with Crippen molar-refractivity contribution in [3.05, 3.63) is 60.2 Å². The predicted molar refractivity (Wildman–Crippen MR) is 113 cm³/mol. The third-order valence-corrected chi connectivity index (χ3v) is 5.10. The number of rotatable bonds is 6. The molecule has 0 radical (unpaired) electrons. The monoisotopic (exact) mass is 404 g/mol. The van der Waals surface area contributed by atoms with Gasteiger partial charge in [0.25, 0.3) is 5.91 Å². The molecule has 0 spiro atoms. The fourth-order valence-electron chi connectivity index (χ4n) is 3.20. The fourth-order valence-corrected chi connectivity index (χ4v) is 3.20. The summed E-state index contributed by atoms with van der Waals surface area (Å²) >= 11 is 0. The summed E-state index contributed by atoms with van der Waals surface area (Å²) in [7, 11) is 0. The van der Waals surface area contributed by atoms with Gasteiger partial charge in [0.15, 0.2) is 6.61 Å². The molecule has 2 aromatic rings. The molecule has 0 aliphatic carbocycles. The minimum absolute atomic E-state index is 0. The van der Waals surface area contributed by atoms with E-state index in [0.29, 0.717) is 25.4 Å². The van der Waals surface area contributed by atoms with Crippen LogP contribution in [0, 0.1) is 5.41 Å². The molecule has 1 fully saturated rings. The molecule has 1 aliphatic heterocycles. The minimum atomic E-state index is -0.0638. The third kappa shape index (κ3) is 5.88. The Morgan fingerprint density at radius 2 is 1.68 bits per heavy atom. The molecule has 2 N–H and O–H groups in total. The summed E-state index contributed by atoms with van der Waals surface area (Å²) in [5.41, 5.74) is 7.19. The number of hydrogen-bond acceptors (Lipinski definition) is 4. The van der Waals surface area contributed by atoms with E-state index in [1.54, 1.807) is 0 Å². The van der Waals surface area contributed by atoms with Crippen LogP contribution in [-0.2, 0) is 11.4 Å². The number of ether oxygens (including phenoxy) is 2. The molecule has 5 nitrogen and oxygen atoms in total. The largest absolute Gasteiger partial charge is 0.489 e. The molecule has 0 bridgehead atoms. The van der Waals surface area contributed by atoms with Gasteiger partial charge < -0.3 is 20.1 Å². The maximum Gasteiger partial charge on any atom is 0.260 e. The van der Waals surface area contributed by atoms with Crippen molar-refractivity contribution in [2.45, 2.75) is 32.9 Å². The Balaban J connectivity index is 0.00000280. The molecule has 28 heavy (non-hydrogen) atoms. The molecule has 6 heteroatoms. The van der Waals surface area contributed by atoms with Gasteiger partial charge >= 0.3 is 0 Å². The highest BCUT2D eigenvalue weighted by Crippen LogP contribution is 2.27. The maximum absolute atomic E-state index is 12.4. The Bertz CT molecular complexity index is 750. The van der Waals surface area contributed by atoms with E-state index in [9.17, 15) is 4.79 Å². The van der Waals surface area contributed by atoms with Crippen molar-refractivity contribution in [2.24, 2.45) is 11.1 Å².